The van der Waals surface area contributed by atoms with Gasteiger partial charge in [0, 0.05) is 24.2 Å². The van der Waals surface area contributed by atoms with Gasteiger partial charge in [0.1, 0.15) is 0 Å². The molecule has 2 rings (SSSR count). The van der Waals surface area contributed by atoms with Crippen molar-refractivity contribution in [2.75, 3.05) is 13.1 Å². The largest absolute Gasteiger partial charge is 0.477 e. The second-order valence-corrected chi connectivity index (χ2v) is 7.81. The third-order valence-corrected chi connectivity index (χ3v) is 5.86. The Morgan fingerprint density at radius 1 is 1.23 bits per heavy atom. The van der Waals surface area contributed by atoms with E-state index in [4.69, 9.17) is 0 Å². The van der Waals surface area contributed by atoms with Crippen molar-refractivity contribution in [3.63, 3.8) is 0 Å². The molecule has 1 N–H and O–H groups in total. The smallest absolute Gasteiger partial charge is 0.383 e. The summed E-state index contributed by atoms with van der Waals surface area (Å²) in [6.45, 7) is 8.03. The summed E-state index contributed by atoms with van der Waals surface area (Å²) in [7, 11) is 0. The second kappa shape index (κ2) is 7.66. The molecule has 1 aliphatic rings. The predicted molar refractivity (Wildman–Crippen MR) is 97.4 cm³/mol. The number of quaternary nitrogens is 1. The van der Waals surface area contributed by atoms with Crippen molar-refractivity contribution in [1.29, 1.82) is 0 Å². The van der Waals surface area contributed by atoms with Gasteiger partial charge in [-0.05, 0) is 30.5 Å². The highest BCUT2D eigenvalue weighted by molar-refractivity contribution is 6.35. The van der Waals surface area contributed by atoms with Gasteiger partial charge in [0.05, 0.1) is 19.0 Å². The number of Topliss-reactive ketones (excluding diaryl/α,β-unsaturated/α-hetero) is 1. The Morgan fingerprint density at radius 3 is 2.35 bits per heavy atom. The van der Waals surface area contributed by atoms with E-state index in [0.29, 0.717) is 32.4 Å². The van der Waals surface area contributed by atoms with E-state index in [0.717, 1.165) is 5.56 Å². The van der Waals surface area contributed by atoms with E-state index in [2.05, 4.69) is 4.98 Å². The summed E-state index contributed by atoms with van der Waals surface area (Å²) in [5.74, 6) is -2.34. The number of aliphatic carboxylic acids is 1. The molecule has 0 bridgehead atoms. The molecule has 1 aromatic heterocycles. The number of carbonyl (C=O) groups excluding carboxylic acids is 2. The normalized spacial score (nSPS) is 25.8. The van der Waals surface area contributed by atoms with Crippen LogP contribution in [0.4, 0.5) is 0 Å². The van der Waals surface area contributed by atoms with Crippen LogP contribution in [0, 0.1) is 5.41 Å². The first kappa shape index (κ1) is 20.2. The summed E-state index contributed by atoms with van der Waals surface area (Å²) in [4.78, 5) is 42.4. The number of ketones is 1. The van der Waals surface area contributed by atoms with Gasteiger partial charge in [0.25, 0.3) is 5.78 Å². The Bertz CT molecular complexity index is 686. The number of carboxylic acid groups (broad SMARTS) is 1. The van der Waals surface area contributed by atoms with Gasteiger partial charge in [-0.15, -0.1) is 0 Å². The topological polar surface area (TPSA) is 84.3 Å². The van der Waals surface area contributed by atoms with Gasteiger partial charge >= 0.3 is 11.9 Å². The van der Waals surface area contributed by atoms with Crippen LogP contribution in [0.3, 0.4) is 0 Å². The number of nitrogens with zero attached hydrogens (tertiary/aromatic N) is 2. The number of carboxylic acids is 1. The van der Waals surface area contributed by atoms with Gasteiger partial charge in [-0.3, -0.25) is 9.78 Å². The molecular weight excluding hydrogens is 332 g/mol. The Hall–Kier alpha value is -2.08. The van der Waals surface area contributed by atoms with Crippen LogP contribution in [-0.4, -0.2) is 51.4 Å². The lowest BCUT2D eigenvalue weighted by Crippen LogP contribution is -2.63. The minimum absolute atomic E-state index is 0.277. The number of amides is 1. The van der Waals surface area contributed by atoms with E-state index in [1.165, 1.54) is 0 Å². The van der Waals surface area contributed by atoms with Crippen molar-refractivity contribution >= 4 is 17.7 Å². The van der Waals surface area contributed by atoms with Crippen molar-refractivity contribution in [2.45, 2.75) is 58.9 Å². The van der Waals surface area contributed by atoms with Crippen LogP contribution < -0.4 is 0 Å². The van der Waals surface area contributed by atoms with Crippen LogP contribution in [0.2, 0.25) is 0 Å². The number of hydrogen-bond acceptors (Lipinski definition) is 4. The molecule has 6 heteroatoms. The van der Waals surface area contributed by atoms with Gasteiger partial charge < -0.3 is 5.11 Å². The second-order valence-electron chi connectivity index (χ2n) is 7.81. The molecule has 26 heavy (non-hydrogen) atoms. The molecule has 0 saturated carbocycles. The third-order valence-electron chi connectivity index (χ3n) is 5.86. The Balaban J connectivity index is 2.50. The van der Waals surface area contributed by atoms with Gasteiger partial charge in [-0.1, -0.05) is 27.7 Å². The molecule has 3 unspecified atom stereocenters. The van der Waals surface area contributed by atoms with Crippen LogP contribution in [0.1, 0.15) is 58.4 Å². The van der Waals surface area contributed by atoms with E-state index in [1.807, 2.05) is 13.8 Å². The van der Waals surface area contributed by atoms with Crippen molar-refractivity contribution < 1.29 is 24.0 Å². The first-order chi connectivity index (χ1) is 12.2. The molecule has 1 saturated heterocycles. The summed E-state index contributed by atoms with van der Waals surface area (Å²) in [5.41, 5.74) is 0.0759. The summed E-state index contributed by atoms with van der Waals surface area (Å²) in [6.07, 6.45) is 5.00. The van der Waals surface area contributed by atoms with Crippen LogP contribution >= 0.6 is 0 Å². The van der Waals surface area contributed by atoms with Crippen LogP contribution in [-0.2, 0) is 14.4 Å². The van der Waals surface area contributed by atoms with Gasteiger partial charge in [-0.25, -0.2) is 14.1 Å². The van der Waals surface area contributed by atoms with E-state index >= 15 is 0 Å². The molecule has 0 aromatic carbocycles. The Labute approximate surface area is 154 Å². The molecule has 1 fully saturated rings. The maximum atomic E-state index is 13.3. The van der Waals surface area contributed by atoms with Crippen molar-refractivity contribution in [3.05, 3.63) is 30.1 Å². The van der Waals surface area contributed by atoms with Gasteiger partial charge in [0.2, 0.25) is 6.04 Å². The molecule has 0 aliphatic carbocycles. The molecule has 2 heterocycles. The van der Waals surface area contributed by atoms with Gasteiger partial charge in [0.15, 0.2) is 0 Å². The standard InChI is InChI=1S/C20H28N2O4/c1-5-12-22(18(24)17(23)20(3,4)6-2)13-9-15(16(22)19(25)26)14-7-10-21-11-8-14/h7-8,10-11,15-16H,5-6,9,12-13H2,1-4H3/p+1. The van der Waals surface area contributed by atoms with E-state index in [1.54, 1.807) is 38.4 Å². The molecule has 6 nitrogen and oxygen atoms in total. The van der Waals surface area contributed by atoms with E-state index in [-0.39, 0.29) is 10.4 Å². The average Bonchev–Trinajstić information content (AvgIpc) is 3.02. The van der Waals surface area contributed by atoms with Crippen LogP contribution in [0.5, 0.6) is 0 Å². The maximum absolute atomic E-state index is 13.3. The molecule has 142 valence electrons. The Kier molecular flexibility index (Phi) is 5.96. The minimum Gasteiger partial charge on any atom is -0.477 e. The molecule has 0 spiro atoms. The lowest BCUT2D eigenvalue weighted by molar-refractivity contribution is -0.855. The zero-order valence-corrected chi connectivity index (χ0v) is 16.1. The molecular formula is C20H29N2O4+. The molecule has 0 radical (unpaired) electrons. The monoisotopic (exact) mass is 361 g/mol. The van der Waals surface area contributed by atoms with Crippen LogP contribution in [0.25, 0.3) is 0 Å². The molecule has 3 atom stereocenters. The highest BCUT2D eigenvalue weighted by Crippen LogP contribution is 2.41. The molecule has 1 amide bonds. The number of pyridine rings is 1. The predicted octanol–water partition coefficient (Wildman–Crippen LogP) is 2.78. The number of likely N-dealkylation sites (tertiary alicyclic amines) is 1. The fraction of sp³-hybridized carbons (Fsp3) is 0.600. The quantitative estimate of drug-likeness (QED) is 0.596. The van der Waals surface area contributed by atoms with Crippen molar-refractivity contribution in [1.82, 2.24) is 4.98 Å². The third kappa shape index (κ3) is 3.43. The van der Waals surface area contributed by atoms with Crippen molar-refractivity contribution in [2.24, 2.45) is 5.41 Å². The number of hydrogen-bond donors (Lipinski definition) is 1. The fourth-order valence-corrected chi connectivity index (χ4v) is 3.99. The average molecular weight is 361 g/mol. The van der Waals surface area contributed by atoms with Gasteiger partial charge in [-0.2, -0.15) is 0 Å². The molecule has 1 aliphatic heterocycles. The highest BCUT2D eigenvalue weighted by Gasteiger charge is 2.59. The maximum Gasteiger partial charge on any atom is 0.383 e. The summed E-state index contributed by atoms with van der Waals surface area (Å²) >= 11 is 0. The number of aromatic nitrogens is 1. The van der Waals surface area contributed by atoms with Crippen LogP contribution in [0.15, 0.2) is 24.5 Å². The summed E-state index contributed by atoms with van der Waals surface area (Å²) in [6, 6.07) is 2.66. The van der Waals surface area contributed by atoms with E-state index in [9.17, 15) is 19.5 Å². The lowest BCUT2D eigenvalue weighted by atomic mass is 9.83. The zero-order valence-electron chi connectivity index (χ0n) is 16.1. The number of rotatable bonds is 7. The minimum atomic E-state index is -1.02. The fourth-order valence-electron chi connectivity index (χ4n) is 3.99. The first-order valence-electron chi connectivity index (χ1n) is 9.30. The molecule has 1 aromatic rings. The first-order valence-corrected chi connectivity index (χ1v) is 9.30. The summed E-state index contributed by atoms with van der Waals surface area (Å²) in [5, 5.41) is 10.0. The van der Waals surface area contributed by atoms with E-state index < -0.39 is 29.1 Å². The SMILES string of the molecule is CCC[N+]1(C(=O)C(=O)C(C)(C)CC)CCC(c2ccncc2)C1C(=O)O. The lowest BCUT2D eigenvalue weighted by Gasteiger charge is -2.37. The summed E-state index contributed by atoms with van der Waals surface area (Å²) < 4.78 is -0.277. The van der Waals surface area contributed by atoms with Crippen molar-refractivity contribution in [3.8, 4) is 0 Å². The highest BCUT2D eigenvalue weighted by atomic mass is 16.4. The number of carbonyl (C=O) groups is 3. The Morgan fingerprint density at radius 2 is 1.85 bits per heavy atom. The zero-order chi connectivity index (χ0) is 19.5.